The van der Waals surface area contributed by atoms with E-state index in [-0.39, 0.29) is 18.1 Å². The second kappa shape index (κ2) is 5.55. The van der Waals surface area contributed by atoms with Gasteiger partial charge in [-0.15, -0.1) is 0 Å². The van der Waals surface area contributed by atoms with Crippen LogP contribution in [-0.2, 0) is 4.74 Å². The first-order chi connectivity index (χ1) is 10.6. The van der Waals surface area contributed by atoms with Crippen LogP contribution in [0.25, 0.3) is 16.8 Å². The van der Waals surface area contributed by atoms with E-state index in [1.165, 1.54) is 18.5 Å². The average molecular weight is 299 g/mol. The molecular formula is C16H14FN3O2. The minimum Gasteiger partial charge on any atom is -0.461 e. The molecule has 0 aliphatic rings. The van der Waals surface area contributed by atoms with Crippen molar-refractivity contribution in [3.05, 3.63) is 54.0 Å². The van der Waals surface area contributed by atoms with Crippen LogP contribution in [0.1, 0.15) is 23.1 Å². The van der Waals surface area contributed by atoms with Crippen molar-refractivity contribution >= 4 is 11.6 Å². The summed E-state index contributed by atoms with van der Waals surface area (Å²) in [6.45, 7) is 3.91. The lowest BCUT2D eigenvalue weighted by molar-refractivity contribution is 0.0522. The Labute approximate surface area is 126 Å². The molecule has 0 saturated heterocycles. The van der Waals surface area contributed by atoms with Gasteiger partial charge in [0.2, 0.25) is 0 Å². The lowest BCUT2D eigenvalue weighted by atomic mass is 10.1. The van der Waals surface area contributed by atoms with Crippen molar-refractivity contribution in [1.29, 1.82) is 0 Å². The van der Waals surface area contributed by atoms with E-state index in [9.17, 15) is 9.18 Å². The molecule has 0 aliphatic heterocycles. The Kier molecular flexibility index (Phi) is 3.58. The summed E-state index contributed by atoms with van der Waals surface area (Å²) in [5.74, 6) is -0.783. The molecular weight excluding hydrogens is 285 g/mol. The molecule has 2 aromatic heterocycles. The average Bonchev–Trinajstić information content (AvgIpc) is 2.94. The number of halogens is 1. The molecule has 22 heavy (non-hydrogen) atoms. The SMILES string of the molecule is CCOC(=O)c1ncn2c(C)c(-c3ccc(F)cc3)cnc12. The third-order valence-corrected chi connectivity index (χ3v) is 3.43. The van der Waals surface area contributed by atoms with E-state index >= 15 is 0 Å². The number of ether oxygens (including phenoxy) is 1. The largest absolute Gasteiger partial charge is 0.461 e. The quantitative estimate of drug-likeness (QED) is 0.698. The first-order valence-electron chi connectivity index (χ1n) is 6.87. The van der Waals surface area contributed by atoms with E-state index in [1.807, 2.05) is 6.92 Å². The first-order valence-corrected chi connectivity index (χ1v) is 6.87. The fourth-order valence-electron chi connectivity index (χ4n) is 2.32. The zero-order valence-corrected chi connectivity index (χ0v) is 12.2. The predicted molar refractivity (Wildman–Crippen MR) is 79.1 cm³/mol. The molecule has 0 aliphatic carbocycles. The van der Waals surface area contributed by atoms with Gasteiger partial charge >= 0.3 is 5.97 Å². The molecule has 0 amide bonds. The van der Waals surface area contributed by atoms with Crippen molar-refractivity contribution < 1.29 is 13.9 Å². The second-order valence-corrected chi connectivity index (χ2v) is 4.77. The molecule has 0 radical (unpaired) electrons. The third kappa shape index (κ3) is 2.32. The summed E-state index contributed by atoms with van der Waals surface area (Å²) in [5.41, 5.74) is 3.19. The third-order valence-electron chi connectivity index (χ3n) is 3.43. The minimum atomic E-state index is -0.494. The number of carbonyl (C=O) groups excluding carboxylic acids is 1. The Morgan fingerprint density at radius 3 is 2.68 bits per heavy atom. The molecule has 5 nitrogen and oxygen atoms in total. The summed E-state index contributed by atoms with van der Waals surface area (Å²) in [4.78, 5) is 20.2. The van der Waals surface area contributed by atoms with Gasteiger partial charge in [0.25, 0.3) is 0 Å². The molecule has 0 bridgehead atoms. The molecule has 6 heteroatoms. The number of esters is 1. The standard InChI is InChI=1S/C16H14FN3O2/c1-3-22-16(21)14-15-18-8-13(10(2)20(15)9-19-14)11-4-6-12(17)7-5-11/h4-9H,3H2,1-2H3. The first kappa shape index (κ1) is 14.2. The molecule has 0 atom stereocenters. The van der Waals surface area contributed by atoms with E-state index in [1.54, 1.807) is 29.7 Å². The van der Waals surface area contributed by atoms with Crippen molar-refractivity contribution in [2.24, 2.45) is 0 Å². The molecule has 1 aromatic carbocycles. The number of rotatable bonds is 3. The van der Waals surface area contributed by atoms with E-state index < -0.39 is 5.97 Å². The fraction of sp³-hybridized carbons (Fsp3) is 0.188. The zero-order valence-electron chi connectivity index (χ0n) is 12.2. The summed E-state index contributed by atoms with van der Waals surface area (Å²) >= 11 is 0. The zero-order chi connectivity index (χ0) is 15.7. The number of benzene rings is 1. The Bertz CT molecular complexity index is 840. The predicted octanol–water partition coefficient (Wildman–Crippen LogP) is 3.02. The highest BCUT2D eigenvalue weighted by molar-refractivity contribution is 5.94. The van der Waals surface area contributed by atoms with Gasteiger partial charge in [0.1, 0.15) is 12.1 Å². The minimum absolute atomic E-state index is 0.190. The molecule has 0 spiro atoms. The Hall–Kier alpha value is -2.76. The highest BCUT2D eigenvalue weighted by atomic mass is 19.1. The van der Waals surface area contributed by atoms with Crippen LogP contribution in [0.4, 0.5) is 4.39 Å². The van der Waals surface area contributed by atoms with Crippen LogP contribution in [-0.4, -0.2) is 26.9 Å². The molecule has 2 heterocycles. The maximum absolute atomic E-state index is 13.0. The maximum atomic E-state index is 13.0. The summed E-state index contributed by atoms with van der Waals surface area (Å²) in [6, 6.07) is 6.18. The maximum Gasteiger partial charge on any atom is 0.360 e. The van der Waals surface area contributed by atoms with Crippen molar-refractivity contribution in [2.45, 2.75) is 13.8 Å². The molecule has 3 aromatic rings. The van der Waals surface area contributed by atoms with Gasteiger partial charge in [0, 0.05) is 17.5 Å². The molecule has 0 saturated carbocycles. The van der Waals surface area contributed by atoms with Gasteiger partial charge in [-0.2, -0.15) is 0 Å². The number of hydrogen-bond donors (Lipinski definition) is 0. The lowest BCUT2D eigenvalue weighted by Crippen LogP contribution is -2.07. The summed E-state index contributed by atoms with van der Waals surface area (Å²) in [7, 11) is 0. The summed E-state index contributed by atoms with van der Waals surface area (Å²) in [5, 5.41) is 0. The smallest absolute Gasteiger partial charge is 0.360 e. The molecule has 112 valence electrons. The van der Waals surface area contributed by atoms with Crippen LogP contribution >= 0.6 is 0 Å². The number of aromatic nitrogens is 3. The van der Waals surface area contributed by atoms with Crippen LogP contribution in [0.2, 0.25) is 0 Å². The topological polar surface area (TPSA) is 56.5 Å². The van der Waals surface area contributed by atoms with Crippen LogP contribution in [0, 0.1) is 12.7 Å². The molecule has 0 N–H and O–H groups in total. The van der Waals surface area contributed by atoms with Crippen molar-refractivity contribution in [1.82, 2.24) is 14.4 Å². The summed E-state index contributed by atoms with van der Waals surface area (Å²) in [6.07, 6.45) is 3.19. The van der Waals surface area contributed by atoms with Crippen molar-refractivity contribution in [3.8, 4) is 11.1 Å². The van der Waals surface area contributed by atoms with Gasteiger partial charge < -0.3 is 4.74 Å². The van der Waals surface area contributed by atoms with Crippen LogP contribution in [0.15, 0.2) is 36.8 Å². The Balaban J connectivity index is 2.11. The molecule has 0 unspecified atom stereocenters. The normalized spacial score (nSPS) is 10.9. The van der Waals surface area contributed by atoms with E-state index in [2.05, 4.69) is 9.97 Å². The lowest BCUT2D eigenvalue weighted by Gasteiger charge is -2.08. The van der Waals surface area contributed by atoms with Gasteiger partial charge in [-0.25, -0.2) is 19.2 Å². The van der Waals surface area contributed by atoms with Gasteiger partial charge in [-0.05, 0) is 31.5 Å². The van der Waals surface area contributed by atoms with E-state index in [0.29, 0.717) is 5.65 Å². The van der Waals surface area contributed by atoms with E-state index in [4.69, 9.17) is 4.74 Å². The highest BCUT2D eigenvalue weighted by Crippen LogP contribution is 2.24. The van der Waals surface area contributed by atoms with Gasteiger partial charge in [0.15, 0.2) is 11.3 Å². The second-order valence-electron chi connectivity index (χ2n) is 4.77. The fourth-order valence-corrected chi connectivity index (χ4v) is 2.32. The van der Waals surface area contributed by atoms with Crippen molar-refractivity contribution in [2.75, 3.05) is 6.61 Å². The van der Waals surface area contributed by atoms with Crippen LogP contribution in [0.5, 0.6) is 0 Å². The Morgan fingerprint density at radius 1 is 1.27 bits per heavy atom. The monoisotopic (exact) mass is 299 g/mol. The number of fused-ring (bicyclic) bond motifs is 1. The number of aryl methyl sites for hydroxylation is 1. The number of imidazole rings is 1. The molecule has 3 rings (SSSR count). The Morgan fingerprint density at radius 2 is 2.00 bits per heavy atom. The van der Waals surface area contributed by atoms with Gasteiger partial charge in [0.05, 0.1) is 6.61 Å². The van der Waals surface area contributed by atoms with E-state index in [0.717, 1.165) is 16.8 Å². The number of hydrogen-bond acceptors (Lipinski definition) is 4. The highest BCUT2D eigenvalue weighted by Gasteiger charge is 2.18. The van der Waals surface area contributed by atoms with Gasteiger partial charge in [-0.3, -0.25) is 4.40 Å². The van der Waals surface area contributed by atoms with Crippen molar-refractivity contribution in [3.63, 3.8) is 0 Å². The van der Waals surface area contributed by atoms with Crippen LogP contribution < -0.4 is 0 Å². The number of carbonyl (C=O) groups is 1. The van der Waals surface area contributed by atoms with Crippen LogP contribution in [0.3, 0.4) is 0 Å². The van der Waals surface area contributed by atoms with Gasteiger partial charge in [-0.1, -0.05) is 12.1 Å². The number of nitrogens with zero attached hydrogens (tertiary/aromatic N) is 3. The molecule has 0 fully saturated rings. The summed E-state index contributed by atoms with van der Waals surface area (Å²) < 4.78 is 19.7.